The molecular weight excluding hydrogens is 260 g/mol. The van der Waals surface area contributed by atoms with Crippen molar-refractivity contribution in [3.63, 3.8) is 0 Å². The minimum absolute atomic E-state index is 0.251. The highest BCUT2D eigenvalue weighted by atomic mass is 32.2. The molecular formula is C12H16N6S. The van der Waals surface area contributed by atoms with Gasteiger partial charge in [-0.1, -0.05) is 6.07 Å². The van der Waals surface area contributed by atoms with E-state index in [0.29, 0.717) is 6.04 Å². The van der Waals surface area contributed by atoms with Gasteiger partial charge in [-0.3, -0.25) is 0 Å². The molecule has 2 aromatic rings. The number of hydrogen-bond acceptors (Lipinski definition) is 6. The summed E-state index contributed by atoms with van der Waals surface area (Å²) in [5.41, 5.74) is 1.17. The van der Waals surface area contributed by atoms with Crippen molar-refractivity contribution in [3.05, 3.63) is 23.9 Å². The summed E-state index contributed by atoms with van der Waals surface area (Å²) in [6, 6.07) is 4.77. The van der Waals surface area contributed by atoms with E-state index < -0.39 is 0 Å². The molecule has 1 fully saturated rings. The summed E-state index contributed by atoms with van der Waals surface area (Å²) >= 11 is 1.54. The molecule has 0 spiro atoms. The fraction of sp³-hybridized carbons (Fsp3) is 0.500. The molecule has 0 aliphatic heterocycles. The largest absolute Gasteiger partial charge is 0.313 e. The molecule has 0 radical (unpaired) electrons. The lowest BCUT2D eigenvalue weighted by Crippen LogP contribution is -2.13. The van der Waals surface area contributed by atoms with Crippen LogP contribution in [0.25, 0.3) is 0 Å². The second-order valence-corrected chi connectivity index (χ2v) is 5.60. The maximum Gasteiger partial charge on any atom is 0.215 e. The van der Waals surface area contributed by atoms with E-state index in [1.165, 1.54) is 30.2 Å². The van der Waals surface area contributed by atoms with Crippen LogP contribution in [0.2, 0.25) is 0 Å². The molecule has 2 heterocycles. The first-order valence-electron chi connectivity index (χ1n) is 6.37. The van der Waals surface area contributed by atoms with E-state index in [4.69, 9.17) is 0 Å². The monoisotopic (exact) mass is 276 g/mol. The maximum absolute atomic E-state index is 4.46. The Labute approximate surface area is 116 Å². The van der Waals surface area contributed by atoms with Crippen LogP contribution in [-0.2, 0) is 0 Å². The van der Waals surface area contributed by atoms with Crippen molar-refractivity contribution in [3.8, 4) is 0 Å². The normalized spacial score (nSPS) is 16.5. The number of nitrogens with zero attached hydrogens (tertiary/aromatic N) is 5. The van der Waals surface area contributed by atoms with Gasteiger partial charge in [0.25, 0.3) is 0 Å². The van der Waals surface area contributed by atoms with E-state index in [9.17, 15) is 0 Å². The highest BCUT2D eigenvalue weighted by Gasteiger charge is 2.28. The SMILES string of the molecule is CNC(C)c1cccnc1Sc1nnnn1C1CC1. The van der Waals surface area contributed by atoms with Crippen LogP contribution < -0.4 is 5.32 Å². The standard InChI is InChI=1S/C12H16N6S/c1-8(13-2)10-4-3-7-14-11(10)19-12-15-16-17-18(12)9-5-6-9/h3-4,7-9,13H,5-6H2,1-2H3. The molecule has 100 valence electrons. The Bertz CT molecular complexity index is 565. The molecule has 1 N–H and O–H groups in total. The zero-order valence-electron chi connectivity index (χ0n) is 10.9. The van der Waals surface area contributed by atoms with Crippen molar-refractivity contribution in [2.75, 3.05) is 7.05 Å². The fourth-order valence-electron chi connectivity index (χ4n) is 1.86. The van der Waals surface area contributed by atoms with Gasteiger partial charge in [-0.05, 0) is 55.1 Å². The smallest absolute Gasteiger partial charge is 0.215 e. The van der Waals surface area contributed by atoms with Gasteiger partial charge in [-0.25, -0.2) is 9.67 Å². The van der Waals surface area contributed by atoms with Crippen molar-refractivity contribution in [1.29, 1.82) is 0 Å². The van der Waals surface area contributed by atoms with Gasteiger partial charge < -0.3 is 5.32 Å². The lowest BCUT2D eigenvalue weighted by atomic mass is 10.1. The van der Waals surface area contributed by atoms with Crippen molar-refractivity contribution >= 4 is 11.8 Å². The highest BCUT2D eigenvalue weighted by Crippen LogP contribution is 2.38. The summed E-state index contributed by atoms with van der Waals surface area (Å²) < 4.78 is 1.91. The van der Waals surface area contributed by atoms with E-state index >= 15 is 0 Å². The van der Waals surface area contributed by atoms with Gasteiger partial charge in [0.05, 0.1) is 6.04 Å². The summed E-state index contributed by atoms with van der Waals surface area (Å²) in [5, 5.41) is 17.0. The second-order valence-electron chi connectivity index (χ2n) is 4.65. The van der Waals surface area contributed by atoms with Gasteiger partial charge in [0.2, 0.25) is 5.16 Å². The van der Waals surface area contributed by atoms with Gasteiger partial charge in [0.15, 0.2) is 0 Å². The van der Waals surface area contributed by atoms with E-state index in [1.54, 1.807) is 6.20 Å². The van der Waals surface area contributed by atoms with Crippen LogP contribution in [0, 0.1) is 0 Å². The zero-order chi connectivity index (χ0) is 13.2. The Hall–Kier alpha value is -1.47. The molecule has 1 atom stereocenters. The minimum atomic E-state index is 0.251. The number of pyridine rings is 1. The van der Waals surface area contributed by atoms with Crippen molar-refractivity contribution in [2.24, 2.45) is 0 Å². The summed E-state index contributed by atoms with van der Waals surface area (Å²) in [7, 11) is 1.94. The first-order chi connectivity index (χ1) is 9.29. The predicted octanol–water partition coefficient (Wildman–Crippen LogP) is 1.83. The molecule has 1 aliphatic carbocycles. The first-order valence-corrected chi connectivity index (χ1v) is 7.19. The van der Waals surface area contributed by atoms with Crippen LogP contribution in [0.5, 0.6) is 0 Å². The van der Waals surface area contributed by atoms with Crippen LogP contribution in [0.15, 0.2) is 28.5 Å². The topological polar surface area (TPSA) is 68.5 Å². The minimum Gasteiger partial charge on any atom is -0.313 e. The third-order valence-electron chi connectivity index (χ3n) is 3.24. The van der Waals surface area contributed by atoms with Crippen LogP contribution in [0.3, 0.4) is 0 Å². The summed E-state index contributed by atoms with van der Waals surface area (Å²) in [4.78, 5) is 4.46. The molecule has 19 heavy (non-hydrogen) atoms. The number of aromatic nitrogens is 5. The van der Waals surface area contributed by atoms with Crippen LogP contribution in [-0.4, -0.2) is 32.2 Å². The van der Waals surface area contributed by atoms with Crippen molar-refractivity contribution in [2.45, 2.75) is 42.0 Å². The lowest BCUT2D eigenvalue weighted by molar-refractivity contribution is 0.564. The molecule has 0 aromatic carbocycles. The Morgan fingerprint density at radius 2 is 2.32 bits per heavy atom. The lowest BCUT2D eigenvalue weighted by Gasteiger charge is -2.13. The Kier molecular flexibility index (Phi) is 3.48. The van der Waals surface area contributed by atoms with E-state index in [0.717, 1.165) is 10.2 Å². The molecule has 7 heteroatoms. The van der Waals surface area contributed by atoms with E-state index in [1.807, 2.05) is 17.8 Å². The average molecular weight is 276 g/mol. The summed E-state index contributed by atoms with van der Waals surface area (Å²) in [5.74, 6) is 0. The van der Waals surface area contributed by atoms with Gasteiger partial charge in [-0.2, -0.15) is 0 Å². The Balaban J connectivity index is 1.88. The molecule has 2 aromatic heterocycles. The molecule has 6 nitrogen and oxygen atoms in total. The van der Waals surface area contributed by atoms with Crippen molar-refractivity contribution < 1.29 is 0 Å². The highest BCUT2D eigenvalue weighted by molar-refractivity contribution is 7.99. The fourth-order valence-corrected chi connectivity index (χ4v) is 2.87. The Morgan fingerprint density at radius 3 is 3.05 bits per heavy atom. The average Bonchev–Trinajstić information content (AvgIpc) is 3.19. The molecule has 1 saturated carbocycles. The maximum atomic E-state index is 4.46. The van der Waals surface area contributed by atoms with Crippen LogP contribution in [0.4, 0.5) is 0 Å². The second kappa shape index (κ2) is 5.26. The van der Waals surface area contributed by atoms with E-state index in [2.05, 4.69) is 38.8 Å². The molecule has 0 bridgehead atoms. The third-order valence-corrected chi connectivity index (χ3v) is 4.23. The number of rotatable bonds is 5. The van der Waals surface area contributed by atoms with Gasteiger partial charge in [-0.15, -0.1) is 5.10 Å². The Morgan fingerprint density at radius 1 is 1.47 bits per heavy atom. The number of hydrogen-bond donors (Lipinski definition) is 1. The van der Waals surface area contributed by atoms with Gasteiger partial charge in [0, 0.05) is 17.8 Å². The molecule has 0 saturated heterocycles. The molecule has 3 rings (SSSR count). The molecule has 0 amide bonds. The quantitative estimate of drug-likeness (QED) is 0.898. The summed E-state index contributed by atoms with van der Waals surface area (Å²) in [6.45, 7) is 2.12. The van der Waals surface area contributed by atoms with Crippen molar-refractivity contribution in [1.82, 2.24) is 30.5 Å². The third kappa shape index (κ3) is 2.62. The van der Waals surface area contributed by atoms with E-state index in [-0.39, 0.29) is 6.04 Å². The summed E-state index contributed by atoms with van der Waals surface area (Å²) in [6.07, 6.45) is 4.14. The number of nitrogens with one attached hydrogen (secondary N) is 1. The predicted molar refractivity (Wildman–Crippen MR) is 71.9 cm³/mol. The molecule has 1 aliphatic rings. The van der Waals surface area contributed by atoms with Gasteiger partial charge >= 0.3 is 0 Å². The zero-order valence-corrected chi connectivity index (χ0v) is 11.8. The van der Waals surface area contributed by atoms with Crippen LogP contribution in [0.1, 0.15) is 37.4 Å². The molecule has 1 unspecified atom stereocenters. The van der Waals surface area contributed by atoms with Gasteiger partial charge in [0.1, 0.15) is 5.03 Å². The van der Waals surface area contributed by atoms with Crippen LogP contribution >= 0.6 is 11.8 Å². The number of tetrazole rings is 1. The first kappa shape index (κ1) is 12.6.